The van der Waals surface area contributed by atoms with Gasteiger partial charge in [-0.25, -0.2) is 8.42 Å². The summed E-state index contributed by atoms with van der Waals surface area (Å²) in [7, 11) is -3.46. The van der Waals surface area contributed by atoms with Gasteiger partial charge in [0.15, 0.2) is 0 Å². The molecular formula is C21H26N2O3S. The first-order valence-corrected chi connectivity index (χ1v) is 10.7. The minimum absolute atomic E-state index is 0.134. The molecule has 1 aliphatic rings. The Balaban J connectivity index is 1.73. The van der Waals surface area contributed by atoms with Crippen molar-refractivity contribution in [1.82, 2.24) is 9.62 Å². The summed E-state index contributed by atoms with van der Waals surface area (Å²) in [6, 6.07) is 12.2. The van der Waals surface area contributed by atoms with Crippen molar-refractivity contribution < 1.29 is 13.2 Å². The molecule has 1 fully saturated rings. The summed E-state index contributed by atoms with van der Waals surface area (Å²) < 4.78 is 26.7. The molecule has 3 rings (SSSR count). The van der Waals surface area contributed by atoms with Gasteiger partial charge in [-0.15, -0.1) is 0 Å². The van der Waals surface area contributed by atoms with Crippen LogP contribution in [0.1, 0.15) is 52.9 Å². The summed E-state index contributed by atoms with van der Waals surface area (Å²) in [5, 5.41) is 3.00. The Morgan fingerprint density at radius 1 is 1.04 bits per heavy atom. The Morgan fingerprint density at radius 3 is 2.30 bits per heavy atom. The second-order valence-electron chi connectivity index (χ2n) is 7.19. The van der Waals surface area contributed by atoms with Crippen LogP contribution < -0.4 is 5.32 Å². The molecule has 0 bridgehead atoms. The van der Waals surface area contributed by atoms with E-state index < -0.39 is 10.0 Å². The van der Waals surface area contributed by atoms with Gasteiger partial charge in [0.2, 0.25) is 10.0 Å². The highest BCUT2D eigenvalue weighted by molar-refractivity contribution is 7.89. The topological polar surface area (TPSA) is 66.5 Å². The Morgan fingerprint density at radius 2 is 1.67 bits per heavy atom. The van der Waals surface area contributed by atoms with E-state index in [1.165, 1.54) is 16.4 Å². The van der Waals surface area contributed by atoms with Crippen LogP contribution in [0.25, 0.3) is 0 Å². The monoisotopic (exact) mass is 386 g/mol. The predicted octanol–water partition coefficient (Wildman–Crippen LogP) is 3.58. The highest BCUT2D eigenvalue weighted by Crippen LogP contribution is 2.22. The van der Waals surface area contributed by atoms with Crippen LogP contribution in [-0.2, 0) is 10.0 Å². The molecule has 2 aromatic carbocycles. The van der Waals surface area contributed by atoms with E-state index in [9.17, 15) is 13.2 Å². The molecule has 0 spiro atoms. The van der Waals surface area contributed by atoms with E-state index in [0.717, 1.165) is 29.5 Å². The second kappa shape index (κ2) is 7.82. The van der Waals surface area contributed by atoms with Gasteiger partial charge in [-0.2, -0.15) is 4.31 Å². The minimum Gasteiger partial charge on any atom is -0.346 e. The van der Waals surface area contributed by atoms with Crippen molar-refractivity contribution in [2.45, 2.75) is 44.6 Å². The summed E-state index contributed by atoms with van der Waals surface area (Å²) in [6.07, 6.45) is 1.80. The number of benzene rings is 2. The van der Waals surface area contributed by atoms with Crippen molar-refractivity contribution in [2.24, 2.45) is 0 Å². The first-order valence-electron chi connectivity index (χ1n) is 9.27. The molecule has 1 aliphatic heterocycles. The summed E-state index contributed by atoms with van der Waals surface area (Å²) in [6.45, 7) is 7.13. The number of hydrogen-bond donors (Lipinski definition) is 1. The molecule has 1 heterocycles. The molecule has 1 amide bonds. The molecule has 0 unspecified atom stereocenters. The summed E-state index contributed by atoms with van der Waals surface area (Å²) >= 11 is 0. The third kappa shape index (κ3) is 4.22. The fourth-order valence-electron chi connectivity index (χ4n) is 3.44. The van der Waals surface area contributed by atoms with E-state index in [1.54, 1.807) is 12.1 Å². The van der Waals surface area contributed by atoms with Crippen molar-refractivity contribution in [3.8, 4) is 0 Å². The third-order valence-corrected chi connectivity index (χ3v) is 6.98. The number of rotatable bonds is 5. The highest BCUT2D eigenvalue weighted by atomic mass is 32.2. The van der Waals surface area contributed by atoms with E-state index in [2.05, 4.69) is 11.4 Å². The lowest BCUT2D eigenvalue weighted by atomic mass is 10.00. The quantitative estimate of drug-likeness (QED) is 0.854. The number of hydrogen-bond acceptors (Lipinski definition) is 3. The number of nitrogens with zero attached hydrogens (tertiary/aromatic N) is 1. The number of carbonyl (C=O) groups is 1. The molecule has 0 aromatic heterocycles. The van der Waals surface area contributed by atoms with Gasteiger partial charge in [0.05, 0.1) is 10.9 Å². The van der Waals surface area contributed by atoms with Gasteiger partial charge in [0.25, 0.3) is 5.91 Å². The van der Waals surface area contributed by atoms with Gasteiger partial charge in [-0.1, -0.05) is 23.8 Å². The van der Waals surface area contributed by atoms with Crippen molar-refractivity contribution in [3.05, 3.63) is 64.7 Å². The van der Waals surface area contributed by atoms with Crippen molar-refractivity contribution in [3.63, 3.8) is 0 Å². The van der Waals surface area contributed by atoms with Crippen LogP contribution in [0.3, 0.4) is 0 Å². The summed E-state index contributed by atoms with van der Waals surface area (Å²) in [5.74, 6) is -0.214. The first kappa shape index (κ1) is 19.6. The van der Waals surface area contributed by atoms with Crippen molar-refractivity contribution >= 4 is 15.9 Å². The zero-order valence-electron chi connectivity index (χ0n) is 16.0. The Hall–Kier alpha value is -2.18. The average Bonchev–Trinajstić information content (AvgIpc) is 3.19. The van der Waals surface area contributed by atoms with E-state index in [4.69, 9.17) is 0 Å². The number of nitrogens with one attached hydrogen (secondary N) is 1. The van der Waals surface area contributed by atoms with E-state index >= 15 is 0 Å². The van der Waals surface area contributed by atoms with Crippen LogP contribution in [0.15, 0.2) is 47.4 Å². The standard InChI is InChI=1S/C21H26N2O3S/c1-15-6-7-16(2)20(14-15)17(3)22-21(24)18-8-10-19(11-9-18)27(25,26)23-12-4-5-13-23/h6-11,14,17H,4-5,12-13H2,1-3H3,(H,22,24)/t17-/m0/s1. The van der Waals surface area contributed by atoms with Crippen molar-refractivity contribution in [1.29, 1.82) is 0 Å². The van der Waals surface area contributed by atoms with Crippen LogP contribution in [-0.4, -0.2) is 31.7 Å². The van der Waals surface area contributed by atoms with Gasteiger partial charge in [0, 0.05) is 18.7 Å². The highest BCUT2D eigenvalue weighted by Gasteiger charge is 2.27. The zero-order chi connectivity index (χ0) is 19.6. The van der Waals surface area contributed by atoms with Gasteiger partial charge < -0.3 is 5.32 Å². The summed E-state index contributed by atoms with van der Waals surface area (Å²) in [4.78, 5) is 12.8. The molecular weight excluding hydrogens is 360 g/mol. The van der Waals surface area contributed by atoms with Crippen LogP contribution in [0, 0.1) is 13.8 Å². The Bertz CT molecular complexity index is 930. The van der Waals surface area contributed by atoms with Gasteiger partial charge in [-0.3, -0.25) is 4.79 Å². The molecule has 1 atom stereocenters. The minimum atomic E-state index is -3.46. The van der Waals surface area contributed by atoms with E-state index in [-0.39, 0.29) is 16.8 Å². The maximum atomic E-state index is 12.6. The second-order valence-corrected chi connectivity index (χ2v) is 9.13. The van der Waals surface area contributed by atoms with E-state index in [0.29, 0.717) is 18.7 Å². The molecule has 1 N–H and O–H groups in total. The molecule has 6 heteroatoms. The lowest BCUT2D eigenvalue weighted by Gasteiger charge is -2.18. The van der Waals surface area contributed by atoms with Gasteiger partial charge in [-0.05, 0) is 69.0 Å². The predicted molar refractivity (Wildman–Crippen MR) is 106 cm³/mol. The molecule has 0 aliphatic carbocycles. The largest absolute Gasteiger partial charge is 0.346 e. The maximum absolute atomic E-state index is 12.6. The molecule has 5 nitrogen and oxygen atoms in total. The van der Waals surface area contributed by atoms with E-state index in [1.807, 2.05) is 32.9 Å². The maximum Gasteiger partial charge on any atom is 0.251 e. The number of aryl methyl sites for hydroxylation is 2. The smallest absolute Gasteiger partial charge is 0.251 e. The number of carbonyl (C=O) groups excluding carboxylic acids is 1. The van der Waals surface area contributed by atoms with Crippen LogP contribution in [0.5, 0.6) is 0 Å². The average molecular weight is 387 g/mol. The molecule has 144 valence electrons. The molecule has 2 aromatic rings. The van der Waals surface area contributed by atoms with Crippen LogP contribution in [0.4, 0.5) is 0 Å². The van der Waals surface area contributed by atoms with Crippen molar-refractivity contribution in [2.75, 3.05) is 13.1 Å². The molecule has 0 radical (unpaired) electrons. The third-order valence-electron chi connectivity index (χ3n) is 5.07. The van der Waals surface area contributed by atoms with Crippen LogP contribution in [0.2, 0.25) is 0 Å². The molecule has 0 saturated carbocycles. The normalized spacial score (nSPS) is 16.3. The summed E-state index contributed by atoms with van der Waals surface area (Å²) in [5.41, 5.74) is 3.80. The Kier molecular flexibility index (Phi) is 5.67. The lowest BCUT2D eigenvalue weighted by molar-refractivity contribution is 0.0939. The SMILES string of the molecule is Cc1ccc(C)c([C@H](C)NC(=O)c2ccc(S(=O)(=O)N3CCCC3)cc2)c1. The van der Waals surface area contributed by atoms with Gasteiger partial charge in [0.1, 0.15) is 0 Å². The number of amides is 1. The lowest BCUT2D eigenvalue weighted by Crippen LogP contribution is -2.28. The number of sulfonamides is 1. The first-order chi connectivity index (χ1) is 12.8. The molecule has 1 saturated heterocycles. The van der Waals surface area contributed by atoms with Crippen LogP contribution >= 0.6 is 0 Å². The zero-order valence-corrected chi connectivity index (χ0v) is 16.8. The Labute approximate surface area is 161 Å². The fourth-order valence-corrected chi connectivity index (χ4v) is 4.96. The fraction of sp³-hybridized carbons (Fsp3) is 0.381. The van der Waals surface area contributed by atoms with Gasteiger partial charge >= 0.3 is 0 Å². The molecule has 27 heavy (non-hydrogen) atoms.